The van der Waals surface area contributed by atoms with E-state index in [9.17, 15) is 4.79 Å². The first-order chi connectivity index (χ1) is 11.1. The highest BCUT2D eigenvalue weighted by atomic mass is 16.3. The number of hydrogen-bond donors (Lipinski definition) is 1. The molecule has 2 fully saturated rings. The summed E-state index contributed by atoms with van der Waals surface area (Å²) < 4.78 is 5.70. The Bertz CT molecular complexity index is 742. The lowest BCUT2D eigenvalue weighted by Crippen LogP contribution is -2.41. The van der Waals surface area contributed by atoms with E-state index in [4.69, 9.17) is 4.42 Å². The Morgan fingerprint density at radius 2 is 1.96 bits per heavy atom. The van der Waals surface area contributed by atoms with Crippen molar-refractivity contribution in [2.24, 2.45) is 5.92 Å². The first-order valence-corrected chi connectivity index (χ1v) is 8.39. The summed E-state index contributed by atoms with van der Waals surface area (Å²) >= 11 is 0. The number of anilines is 1. The number of amides is 1. The number of nitrogens with zero attached hydrogens (tertiary/aromatic N) is 3. The van der Waals surface area contributed by atoms with Gasteiger partial charge in [0.25, 0.3) is 0 Å². The average molecular weight is 314 g/mol. The van der Waals surface area contributed by atoms with E-state index in [1.807, 2.05) is 13.8 Å². The fourth-order valence-corrected chi connectivity index (χ4v) is 3.30. The molecule has 2 aliphatic rings. The Labute approximate surface area is 135 Å². The van der Waals surface area contributed by atoms with Gasteiger partial charge in [-0.1, -0.05) is 0 Å². The van der Waals surface area contributed by atoms with E-state index < -0.39 is 0 Å². The van der Waals surface area contributed by atoms with Crippen molar-refractivity contribution in [1.82, 2.24) is 15.3 Å². The van der Waals surface area contributed by atoms with Gasteiger partial charge in [0.2, 0.25) is 11.6 Å². The number of aryl methyl sites for hydroxylation is 2. The summed E-state index contributed by atoms with van der Waals surface area (Å²) in [6.07, 6.45) is 5.59. The van der Waals surface area contributed by atoms with E-state index in [1.165, 1.54) is 0 Å². The molecule has 1 amide bonds. The Hall–Kier alpha value is -2.11. The van der Waals surface area contributed by atoms with Gasteiger partial charge in [0.05, 0.1) is 5.39 Å². The molecule has 1 saturated carbocycles. The van der Waals surface area contributed by atoms with Crippen LogP contribution in [0.5, 0.6) is 0 Å². The zero-order valence-corrected chi connectivity index (χ0v) is 13.6. The number of nitrogens with one attached hydrogen (secondary N) is 1. The van der Waals surface area contributed by atoms with E-state index in [0.717, 1.165) is 61.3 Å². The van der Waals surface area contributed by atoms with Crippen molar-refractivity contribution in [2.75, 3.05) is 18.0 Å². The van der Waals surface area contributed by atoms with Crippen LogP contribution < -0.4 is 10.2 Å². The molecule has 3 heterocycles. The lowest BCUT2D eigenvalue weighted by atomic mass is 9.95. The maximum Gasteiger partial charge on any atom is 0.231 e. The zero-order chi connectivity index (χ0) is 16.0. The van der Waals surface area contributed by atoms with E-state index in [2.05, 4.69) is 20.2 Å². The molecule has 0 atom stereocenters. The number of carbonyl (C=O) groups excluding carboxylic acids is 1. The third kappa shape index (κ3) is 2.66. The van der Waals surface area contributed by atoms with Crippen LogP contribution in [0.1, 0.15) is 37.0 Å². The Kier molecular flexibility index (Phi) is 3.47. The fourth-order valence-electron chi connectivity index (χ4n) is 3.30. The van der Waals surface area contributed by atoms with E-state index in [1.54, 1.807) is 6.33 Å². The maximum atomic E-state index is 12.2. The highest BCUT2D eigenvalue weighted by Crippen LogP contribution is 2.32. The summed E-state index contributed by atoms with van der Waals surface area (Å²) in [7, 11) is 0. The van der Waals surface area contributed by atoms with Gasteiger partial charge >= 0.3 is 0 Å². The van der Waals surface area contributed by atoms with Gasteiger partial charge in [-0.2, -0.15) is 0 Å². The molecule has 2 aromatic heterocycles. The van der Waals surface area contributed by atoms with Gasteiger partial charge in [-0.3, -0.25) is 4.79 Å². The quantitative estimate of drug-likeness (QED) is 0.941. The second kappa shape index (κ2) is 5.51. The minimum atomic E-state index is 0.136. The average Bonchev–Trinajstić information content (AvgIpc) is 3.33. The molecular weight excluding hydrogens is 292 g/mol. The molecule has 122 valence electrons. The molecule has 0 aromatic carbocycles. The highest BCUT2D eigenvalue weighted by molar-refractivity contribution is 5.90. The Morgan fingerprint density at radius 3 is 2.65 bits per heavy atom. The SMILES string of the molecule is Cc1oc2ncnc(N3CCC(C(=O)NC4CC4)CC3)c2c1C. The van der Waals surface area contributed by atoms with E-state index >= 15 is 0 Å². The van der Waals surface area contributed by atoms with Gasteiger partial charge in [-0.25, -0.2) is 9.97 Å². The molecule has 0 unspecified atom stereocenters. The van der Waals surface area contributed by atoms with Gasteiger partial charge in [0.1, 0.15) is 17.9 Å². The number of hydrogen-bond acceptors (Lipinski definition) is 5. The Balaban J connectivity index is 1.51. The first-order valence-electron chi connectivity index (χ1n) is 8.39. The number of rotatable bonds is 3. The summed E-state index contributed by atoms with van der Waals surface area (Å²) in [6, 6.07) is 0.443. The van der Waals surface area contributed by atoms with Crippen LogP contribution in [0.15, 0.2) is 10.7 Å². The maximum absolute atomic E-state index is 12.2. The van der Waals surface area contributed by atoms with Crippen LogP contribution >= 0.6 is 0 Å². The molecule has 0 spiro atoms. The number of aromatic nitrogens is 2. The normalized spacial score (nSPS) is 19.3. The molecule has 0 radical (unpaired) electrons. The molecule has 1 aliphatic heterocycles. The summed E-state index contributed by atoms with van der Waals surface area (Å²) in [5, 5.41) is 4.13. The van der Waals surface area contributed by atoms with Gasteiger partial charge in [-0.05, 0) is 39.5 Å². The topological polar surface area (TPSA) is 71.3 Å². The lowest BCUT2D eigenvalue weighted by molar-refractivity contribution is -0.125. The summed E-state index contributed by atoms with van der Waals surface area (Å²) in [5.74, 6) is 2.19. The van der Waals surface area contributed by atoms with Crippen molar-refractivity contribution in [1.29, 1.82) is 0 Å². The summed E-state index contributed by atoms with van der Waals surface area (Å²) in [5.41, 5.74) is 1.75. The number of piperidine rings is 1. The predicted molar refractivity (Wildman–Crippen MR) is 87.4 cm³/mol. The predicted octanol–water partition coefficient (Wildman–Crippen LogP) is 2.33. The van der Waals surface area contributed by atoms with Crippen molar-refractivity contribution < 1.29 is 9.21 Å². The molecule has 2 aromatic rings. The molecule has 1 N–H and O–H groups in total. The van der Waals surface area contributed by atoms with Crippen molar-refractivity contribution in [3.05, 3.63) is 17.7 Å². The molecule has 23 heavy (non-hydrogen) atoms. The second-order valence-corrected chi connectivity index (χ2v) is 6.70. The second-order valence-electron chi connectivity index (χ2n) is 6.70. The Morgan fingerprint density at radius 1 is 1.22 bits per heavy atom. The van der Waals surface area contributed by atoms with Crippen LogP contribution in [0.4, 0.5) is 5.82 Å². The van der Waals surface area contributed by atoms with E-state index in [-0.39, 0.29) is 11.8 Å². The van der Waals surface area contributed by atoms with Gasteiger partial charge in [-0.15, -0.1) is 0 Å². The number of fused-ring (bicyclic) bond motifs is 1. The largest absolute Gasteiger partial charge is 0.443 e. The van der Waals surface area contributed by atoms with Crippen LogP contribution in [0, 0.1) is 19.8 Å². The molecule has 6 nitrogen and oxygen atoms in total. The monoisotopic (exact) mass is 314 g/mol. The van der Waals surface area contributed by atoms with Crippen molar-refractivity contribution in [3.63, 3.8) is 0 Å². The van der Waals surface area contributed by atoms with Crippen molar-refractivity contribution >= 4 is 22.8 Å². The molecular formula is C17H22N4O2. The molecule has 1 aliphatic carbocycles. The highest BCUT2D eigenvalue weighted by Gasteiger charge is 2.31. The van der Waals surface area contributed by atoms with Gasteiger partial charge < -0.3 is 14.6 Å². The molecule has 4 rings (SSSR count). The third-order valence-electron chi connectivity index (χ3n) is 5.03. The molecule has 6 heteroatoms. The van der Waals surface area contributed by atoms with Crippen LogP contribution in [0.2, 0.25) is 0 Å². The third-order valence-corrected chi connectivity index (χ3v) is 5.03. The summed E-state index contributed by atoms with van der Waals surface area (Å²) in [4.78, 5) is 23.2. The fraction of sp³-hybridized carbons (Fsp3) is 0.588. The van der Waals surface area contributed by atoms with Crippen LogP contribution in [0.25, 0.3) is 11.1 Å². The summed E-state index contributed by atoms with van der Waals surface area (Å²) in [6.45, 7) is 5.69. The molecule has 1 saturated heterocycles. The zero-order valence-electron chi connectivity index (χ0n) is 13.6. The first kappa shape index (κ1) is 14.5. The number of furan rings is 1. The standard InChI is InChI=1S/C17H22N4O2/c1-10-11(2)23-17-14(10)15(18-9-19-17)21-7-5-12(6-8-21)16(22)20-13-3-4-13/h9,12-13H,3-8H2,1-2H3,(H,20,22). The lowest BCUT2D eigenvalue weighted by Gasteiger charge is -2.32. The van der Waals surface area contributed by atoms with Crippen LogP contribution in [0.3, 0.4) is 0 Å². The smallest absolute Gasteiger partial charge is 0.231 e. The van der Waals surface area contributed by atoms with Crippen LogP contribution in [-0.2, 0) is 4.79 Å². The van der Waals surface area contributed by atoms with Crippen molar-refractivity contribution in [2.45, 2.75) is 45.6 Å². The van der Waals surface area contributed by atoms with Gasteiger partial charge in [0, 0.05) is 30.6 Å². The number of carbonyl (C=O) groups is 1. The van der Waals surface area contributed by atoms with Crippen molar-refractivity contribution in [3.8, 4) is 0 Å². The molecule has 0 bridgehead atoms. The minimum Gasteiger partial charge on any atom is -0.443 e. The minimum absolute atomic E-state index is 0.136. The van der Waals surface area contributed by atoms with E-state index in [0.29, 0.717) is 11.8 Å². The van der Waals surface area contributed by atoms with Crippen LogP contribution in [-0.4, -0.2) is 35.0 Å². The van der Waals surface area contributed by atoms with Gasteiger partial charge in [0.15, 0.2) is 0 Å².